The first-order valence-electron chi connectivity index (χ1n) is 5.74. The minimum atomic E-state index is 0.568. The summed E-state index contributed by atoms with van der Waals surface area (Å²) in [5.41, 5.74) is 0. The van der Waals surface area contributed by atoms with Crippen molar-refractivity contribution in [1.82, 2.24) is 20.1 Å². The van der Waals surface area contributed by atoms with E-state index in [4.69, 9.17) is 12.2 Å². The van der Waals surface area contributed by atoms with Gasteiger partial charge in [0.1, 0.15) is 5.82 Å². The Morgan fingerprint density at radius 1 is 1.27 bits per heavy atom. The summed E-state index contributed by atoms with van der Waals surface area (Å²) in [5, 5.41) is 10.6. The van der Waals surface area contributed by atoms with Gasteiger partial charge in [-0.1, -0.05) is 12.8 Å². The number of aromatic amines is 1. The number of H-pyrrole nitrogens is 1. The van der Waals surface area contributed by atoms with Crippen molar-refractivity contribution >= 4 is 12.2 Å². The Hall–Kier alpha value is -0.680. The van der Waals surface area contributed by atoms with Crippen LogP contribution in [0.1, 0.15) is 43.5 Å². The van der Waals surface area contributed by atoms with Crippen molar-refractivity contribution < 1.29 is 0 Å². The van der Waals surface area contributed by atoms with Gasteiger partial charge in [0.25, 0.3) is 0 Å². The summed E-state index contributed by atoms with van der Waals surface area (Å²) >= 11 is 5.33. The maximum atomic E-state index is 5.33. The minimum Gasteiger partial charge on any atom is -0.315 e. The standard InChI is InChI=1S/C10H16N4S/c15-10-13-12-9(7-5-11-6-7)14(10)8-3-1-2-4-8/h7-8,11H,1-6H2,(H,13,15). The molecular formula is C10H16N4S. The van der Waals surface area contributed by atoms with Crippen LogP contribution in [0.25, 0.3) is 0 Å². The molecule has 1 aromatic heterocycles. The highest BCUT2D eigenvalue weighted by Gasteiger charge is 2.28. The Morgan fingerprint density at radius 2 is 2.00 bits per heavy atom. The summed E-state index contributed by atoms with van der Waals surface area (Å²) < 4.78 is 3.08. The first kappa shape index (κ1) is 9.54. The predicted octanol–water partition coefficient (Wildman–Crippen LogP) is 1.74. The van der Waals surface area contributed by atoms with Gasteiger partial charge in [0.15, 0.2) is 4.77 Å². The lowest BCUT2D eigenvalue weighted by atomic mass is 10.0. The number of hydrogen-bond acceptors (Lipinski definition) is 3. The highest BCUT2D eigenvalue weighted by atomic mass is 32.1. The summed E-state index contributed by atoms with van der Waals surface area (Å²) in [6.45, 7) is 2.10. The van der Waals surface area contributed by atoms with E-state index in [0.717, 1.165) is 17.9 Å². The molecule has 4 nitrogen and oxygen atoms in total. The third-order valence-corrected chi connectivity index (χ3v) is 3.86. The van der Waals surface area contributed by atoms with Gasteiger partial charge in [-0.3, -0.25) is 5.10 Å². The average Bonchev–Trinajstić information content (AvgIpc) is 2.72. The van der Waals surface area contributed by atoms with Crippen LogP contribution >= 0.6 is 12.2 Å². The minimum absolute atomic E-state index is 0.568. The molecule has 2 aliphatic rings. The molecule has 1 saturated carbocycles. The molecule has 15 heavy (non-hydrogen) atoms. The molecule has 0 bridgehead atoms. The van der Waals surface area contributed by atoms with Crippen molar-refractivity contribution in [3.05, 3.63) is 10.6 Å². The molecule has 0 unspecified atom stereocenters. The monoisotopic (exact) mass is 224 g/mol. The van der Waals surface area contributed by atoms with Crippen molar-refractivity contribution in [3.8, 4) is 0 Å². The van der Waals surface area contributed by atoms with E-state index in [1.54, 1.807) is 0 Å². The number of nitrogens with one attached hydrogen (secondary N) is 2. The van der Waals surface area contributed by atoms with Crippen LogP contribution in [0.5, 0.6) is 0 Å². The molecule has 1 aromatic rings. The van der Waals surface area contributed by atoms with E-state index in [0.29, 0.717) is 12.0 Å². The Morgan fingerprint density at radius 3 is 2.60 bits per heavy atom. The van der Waals surface area contributed by atoms with Gasteiger partial charge in [0.2, 0.25) is 0 Å². The Bertz CT molecular complexity index is 398. The fraction of sp³-hybridized carbons (Fsp3) is 0.800. The summed E-state index contributed by atoms with van der Waals surface area (Å²) in [4.78, 5) is 0. The quantitative estimate of drug-likeness (QED) is 0.752. The first-order chi connectivity index (χ1) is 7.36. The zero-order chi connectivity index (χ0) is 10.3. The molecule has 0 radical (unpaired) electrons. The fourth-order valence-electron chi connectivity index (χ4n) is 2.59. The van der Waals surface area contributed by atoms with Crippen LogP contribution in [-0.4, -0.2) is 27.9 Å². The van der Waals surface area contributed by atoms with Crippen molar-refractivity contribution in [2.75, 3.05) is 13.1 Å². The van der Waals surface area contributed by atoms with Gasteiger partial charge in [-0.15, -0.1) is 0 Å². The number of nitrogens with zero attached hydrogens (tertiary/aromatic N) is 2. The molecule has 2 N–H and O–H groups in total. The van der Waals surface area contributed by atoms with E-state index in [1.807, 2.05) is 0 Å². The Balaban J connectivity index is 1.96. The number of rotatable bonds is 2. The molecular weight excluding hydrogens is 208 g/mol. The van der Waals surface area contributed by atoms with E-state index in [1.165, 1.54) is 31.5 Å². The largest absolute Gasteiger partial charge is 0.315 e. The van der Waals surface area contributed by atoms with Crippen LogP contribution in [0.15, 0.2) is 0 Å². The highest BCUT2D eigenvalue weighted by molar-refractivity contribution is 7.71. The summed E-state index contributed by atoms with van der Waals surface area (Å²) in [6, 6.07) is 0.604. The molecule has 2 fully saturated rings. The van der Waals surface area contributed by atoms with Crippen LogP contribution in [0.3, 0.4) is 0 Å². The van der Waals surface area contributed by atoms with Gasteiger partial charge in [-0.25, -0.2) is 0 Å². The van der Waals surface area contributed by atoms with E-state index in [-0.39, 0.29) is 0 Å². The maximum absolute atomic E-state index is 5.33. The van der Waals surface area contributed by atoms with Crippen LogP contribution in [0, 0.1) is 4.77 Å². The van der Waals surface area contributed by atoms with E-state index in [9.17, 15) is 0 Å². The van der Waals surface area contributed by atoms with Crippen molar-refractivity contribution in [2.24, 2.45) is 0 Å². The maximum Gasteiger partial charge on any atom is 0.195 e. The lowest BCUT2D eigenvalue weighted by molar-refractivity contribution is 0.390. The zero-order valence-corrected chi connectivity index (χ0v) is 9.52. The van der Waals surface area contributed by atoms with Crippen LogP contribution in [0.2, 0.25) is 0 Å². The van der Waals surface area contributed by atoms with Gasteiger partial charge in [0, 0.05) is 25.0 Å². The normalized spacial score (nSPS) is 23.2. The molecule has 0 spiro atoms. The molecule has 0 amide bonds. The molecule has 3 rings (SSSR count). The third-order valence-electron chi connectivity index (χ3n) is 3.57. The lowest BCUT2D eigenvalue weighted by Gasteiger charge is -2.28. The molecule has 82 valence electrons. The van der Waals surface area contributed by atoms with Crippen LogP contribution in [-0.2, 0) is 0 Å². The Kier molecular flexibility index (Phi) is 2.36. The summed E-state index contributed by atoms with van der Waals surface area (Å²) in [7, 11) is 0. The second-order valence-electron chi connectivity index (χ2n) is 4.55. The summed E-state index contributed by atoms with van der Waals surface area (Å²) in [6.07, 6.45) is 5.20. The molecule has 0 atom stereocenters. The zero-order valence-electron chi connectivity index (χ0n) is 8.70. The van der Waals surface area contributed by atoms with E-state index in [2.05, 4.69) is 20.1 Å². The molecule has 1 aliphatic heterocycles. The predicted molar refractivity (Wildman–Crippen MR) is 60.5 cm³/mol. The van der Waals surface area contributed by atoms with E-state index >= 15 is 0 Å². The second kappa shape index (κ2) is 3.72. The van der Waals surface area contributed by atoms with Gasteiger partial charge in [-0.05, 0) is 25.1 Å². The van der Waals surface area contributed by atoms with Gasteiger partial charge in [-0.2, -0.15) is 5.10 Å². The van der Waals surface area contributed by atoms with Gasteiger partial charge in [0.05, 0.1) is 0 Å². The van der Waals surface area contributed by atoms with Gasteiger partial charge >= 0.3 is 0 Å². The van der Waals surface area contributed by atoms with E-state index < -0.39 is 0 Å². The first-order valence-corrected chi connectivity index (χ1v) is 6.14. The highest BCUT2D eigenvalue weighted by Crippen LogP contribution is 2.32. The molecule has 1 aliphatic carbocycles. The second-order valence-corrected chi connectivity index (χ2v) is 4.94. The third kappa shape index (κ3) is 1.54. The topological polar surface area (TPSA) is 45.6 Å². The van der Waals surface area contributed by atoms with Crippen molar-refractivity contribution in [3.63, 3.8) is 0 Å². The molecule has 1 saturated heterocycles. The molecule has 2 heterocycles. The van der Waals surface area contributed by atoms with Crippen LogP contribution in [0.4, 0.5) is 0 Å². The molecule has 5 heteroatoms. The average molecular weight is 224 g/mol. The number of hydrogen-bond donors (Lipinski definition) is 2. The fourth-order valence-corrected chi connectivity index (χ4v) is 2.88. The Labute approximate surface area is 94.1 Å². The molecule has 0 aromatic carbocycles. The van der Waals surface area contributed by atoms with Crippen LogP contribution < -0.4 is 5.32 Å². The SMILES string of the molecule is S=c1[nH]nc(C2CNC2)n1C1CCCC1. The van der Waals surface area contributed by atoms with Gasteiger partial charge < -0.3 is 9.88 Å². The lowest BCUT2D eigenvalue weighted by Crippen LogP contribution is -2.41. The smallest absolute Gasteiger partial charge is 0.195 e. The van der Waals surface area contributed by atoms with Crippen molar-refractivity contribution in [1.29, 1.82) is 0 Å². The summed E-state index contributed by atoms with van der Waals surface area (Å²) in [5.74, 6) is 1.74. The number of aromatic nitrogens is 3. The van der Waals surface area contributed by atoms with Crippen molar-refractivity contribution in [2.45, 2.75) is 37.6 Å².